The van der Waals surface area contributed by atoms with E-state index in [1.165, 1.54) is 0 Å². The number of carbonyl (C=O) groups is 1. The lowest BCUT2D eigenvalue weighted by Gasteiger charge is -2.40. The number of rotatable bonds is 4. The number of nitrogens with zero attached hydrogens (tertiary/aromatic N) is 1. The second-order valence-electron chi connectivity index (χ2n) is 5.05. The van der Waals surface area contributed by atoms with E-state index >= 15 is 0 Å². The fraction of sp³-hybridized carbons (Fsp3) is 0.357. The van der Waals surface area contributed by atoms with Crippen molar-refractivity contribution in [2.45, 2.75) is 0 Å². The third kappa shape index (κ3) is 1.86. The van der Waals surface area contributed by atoms with Gasteiger partial charge in [0.25, 0.3) is 0 Å². The Hall–Kier alpha value is -2.01. The first-order chi connectivity index (χ1) is 9.12. The zero-order valence-corrected chi connectivity index (χ0v) is 10.6. The van der Waals surface area contributed by atoms with Gasteiger partial charge in [0.1, 0.15) is 17.3 Å². The van der Waals surface area contributed by atoms with Crippen molar-refractivity contribution in [3.8, 4) is 0 Å². The monoisotopic (exact) mass is 261 g/mol. The highest BCUT2D eigenvalue weighted by molar-refractivity contribution is 5.91. The fourth-order valence-corrected chi connectivity index (χ4v) is 2.43. The molecule has 1 aliphatic rings. The third-order valence-corrected chi connectivity index (χ3v) is 3.62. The van der Waals surface area contributed by atoms with Crippen LogP contribution in [-0.4, -0.2) is 37.9 Å². The molecule has 100 valence electrons. The Kier molecular flexibility index (Phi) is 2.71. The maximum absolute atomic E-state index is 11.3. The molecule has 1 saturated heterocycles. The molecule has 0 aliphatic carbocycles. The van der Waals surface area contributed by atoms with Gasteiger partial charge in [-0.1, -0.05) is 12.1 Å². The highest BCUT2D eigenvalue weighted by atomic mass is 16.5. The molecule has 1 N–H and O–H groups in total. The van der Waals surface area contributed by atoms with Crippen molar-refractivity contribution < 1.29 is 19.1 Å². The van der Waals surface area contributed by atoms with E-state index in [1.807, 2.05) is 36.2 Å². The van der Waals surface area contributed by atoms with E-state index in [2.05, 4.69) is 0 Å². The molecule has 0 amide bonds. The second kappa shape index (κ2) is 4.28. The molecular weight excluding hydrogens is 246 g/mol. The van der Waals surface area contributed by atoms with Crippen LogP contribution in [0.25, 0.3) is 11.0 Å². The van der Waals surface area contributed by atoms with Crippen LogP contribution in [-0.2, 0) is 9.53 Å². The van der Waals surface area contributed by atoms with E-state index in [9.17, 15) is 9.90 Å². The first kappa shape index (κ1) is 12.0. The number of hydrogen-bond donors (Lipinski definition) is 1. The topological polar surface area (TPSA) is 62.9 Å². The molecule has 0 bridgehead atoms. The van der Waals surface area contributed by atoms with Crippen molar-refractivity contribution in [1.82, 2.24) is 0 Å². The fourth-order valence-electron chi connectivity index (χ4n) is 2.43. The van der Waals surface area contributed by atoms with Gasteiger partial charge in [-0.25, -0.2) is 0 Å². The zero-order chi connectivity index (χ0) is 13.5. The molecule has 3 rings (SSSR count). The van der Waals surface area contributed by atoms with E-state index in [4.69, 9.17) is 9.15 Å². The summed E-state index contributed by atoms with van der Waals surface area (Å²) in [6, 6.07) is 7.71. The van der Waals surface area contributed by atoms with Crippen molar-refractivity contribution in [2.24, 2.45) is 5.41 Å². The van der Waals surface area contributed by atoms with Gasteiger partial charge in [0.15, 0.2) is 0 Å². The quantitative estimate of drug-likeness (QED) is 0.911. The number of hydrogen-bond acceptors (Lipinski definition) is 4. The van der Waals surface area contributed by atoms with Crippen molar-refractivity contribution in [2.75, 3.05) is 31.7 Å². The summed E-state index contributed by atoms with van der Waals surface area (Å²) in [7, 11) is 1.88. The first-order valence-electron chi connectivity index (χ1n) is 6.11. The number of benzene rings is 1. The maximum Gasteiger partial charge on any atom is 0.316 e. The highest BCUT2D eigenvalue weighted by Gasteiger charge is 2.47. The number of para-hydroxylation sites is 1. The lowest BCUT2D eigenvalue weighted by Crippen LogP contribution is -2.55. The van der Waals surface area contributed by atoms with Gasteiger partial charge in [0, 0.05) is 19.0 Å². The van der Waals surface area contributed by atoms with Crippen molar-refractivity contribution in [1.29, 1.82) is 0 Å². The number of carboxylic acids is 1. The second-order valence-corrected chi connectivity index (χ2v) is 5.05. The molecule has 1 aliphatic heterocycles. The van der Waals surface area contributed by atoms with E-state index in [0.717, 1.165) is 16.7 Å². The van der Waals surface area contributed by atoms with E-state index in [0.29, 0.717) is 6.54 Å². The Bertz CT molecular complexity index is 615. The average Bonchev–Trinajstić information content (AvgIpc) is 2.77. The molecule has 0 unspecified atom stereocenters. The minimum absolute atomic E-state index is 0.266. The zero-order valence-electron chi connectivity index (χ0n) is 10.6. The van der Waals surface area contributed by atoms with Gasteiger partial charge >= 0.3 is 5.97 Å². The molecule has 0 spiro atoms. The predicted molar refractivity (Wildman–Crippen MR) is 70.4 cm³/mol. The normalized spacial score (nSPS) is 17.1. The summed E-state index contributed by atoms with van der Waals surface area (Å²) in [4.78, 5) is 13.3. The minimum atomic E-state index is -0.807. The van der Waals surface area contributed by atoms with Gasteiger partial charge in [0.05, 0.1) is 18.9 Å². The lowest BCUT2D eigenvalue weighted by molar-refractivity contribution is -0.177. The smallest absolute Gasteiger partial charge is 0.316 e. The van der Waals surface area contributed by atoms with Crippen LogP contribution in [0.4, 0.5) is 5.69 Å². The summed E-state index contributed by atoms with van der Waals surface area (Å²) in [5.41, 5.74) is 0.911. The summed E-state index contributed by atoms with van der Waals surface area (Å²) in [5, 5.41) is 10.3. The van der Waals surface area contributed by atoms with E-state index < -0.39 is 11.4 Å². The molecular formula is C14H15NO4. The van der Waals surface area contributed by atoms with Gasteiger partial charge in [-0.3, -0.25) is 4.79 Å². The first-order valence-corrected chi connectivity index (χ1v) is 6.11. The van der Waals surface area contributed by atoms with Gasteiger partial charge in [0.2, 0.25) is 0 Å². The highest BCUT2D eigenvalue weighted by Crippen LogP contribution is 2.33. The summed E-state index contributed by atoms with van der Waals surface area (Å²) in [5.74, 6) is -0.807. The minimum Gasteiger partial charge on any atom is -0.481 e. The number of aliphatic carboxylic acids is 1. The van der Waals surface area contributed by atoms with Crippen LogP contribution >= 0.6 is 0 Å². The summed E-state index contributed by atoms with van der Waals surface area (Å²) < 4.78 is 10.6. The standard InChI is InChI=1S/C14H15NO4/c1-15(7-14(13(16)17)8-18-9-14)11-6-19-12-5-3-2-4-10(11)12/h2-6H,7-9H2,1H3,(H,16,17). The van der Waals surface area contributed by atoms with Crippen molar-refractivity contribution >= 4 is 22.6 Å². The number of carboxylic acid groups (broad SMARTS) is 1. The summed E-state index contributed by atoms with van der Waals surface area (Å²) in [6.45, 7) is 0.941. The molecule has 1 aromatic carbocycles. The van der Waals surface area contributed by atoms with Gasteiger partial charge in [-0.15, -0.1) is 0 Å². The van der Waals surface area contributed by atoms with E-state index in [1.54, 1.807) is 6.26 Å². The molecule has 0 atom stereocenters. The Balaban J connectivity index is 1.88. The molecule has 1 aromatic heterocycles. The van der Waals surface area contributed by atoms with Crippen molar-refractivity contribution in [3.05, 3.63) is 30.5 Å². The van der Waals surface area contributed by atoms with Crippen LogP contribution in [0.3, 0.4) is 0 Å². The number of anilines is 1. The molecule has 2 heterocycles. The van der Waals surface area contributed by atoms with Gasteiger partial charge in [-0.2, -0.15) is 0 Å². The van der Waals surface area contributed by atoms with Crippen LogP contribution in [0.5, 0.6) is 0 Å². The van der Waals surface area contributed by atoms with Crippen LogP contribution in [0.1, 0.15) is 0 Å². The van der Waals surface area contributed by atoms with Crippen LogP contribution in [0.2, 0.25) is 0 Å². The van der Waals surface area contributed by atoms with Crippen LogP contribution in [0.15, 0.2) is 34.9 Å². The molecule has 5 nitrogen and oxygen atoms in total. The SMILES string of the molecule is CN(CC1(C(=O)O)COC1)c1coc2ccccc12. The Morgan fingerprint density at radius 1 is 1.42 bits per heavy atom. The van der Waals surface area contributed by atoms with Crippen molar-refractivity contribution in [3.63, 3.8) is 0 Å². The Labute approximate surface area is 110 Å². The summed E-state index contributed by atoms with van der Waals surface area (Å²) in [6.07, 6.45) is 1.67. The number of furan rings is 1. The maximum atomic E-state index is 11.3. The molecule has 5 heteroatoms. The van der Waals surface area contributed by atoms with Crippen LogP contribution < -0.4 is 4.90 Å². The van der Waals surface area contributed by atoms with Gasteiger partial charge in [-0.05, 0) is 12.1 Å². The molecule has 1 fully saturated rings. The predicted octanol–water partition coefficient (Wildman–Crippen LogP) is 1.97. The molecule has 2 aromatic rings. The Morgan fingerprint density at radius 2 is 2.16 bits per heavy atom. The Morgan fingerprint density at radius 3 is 2.79 bits per heavy atom. The van der Waals surface area contributed by atoms with Gasteiger partial charge < -0.3 is 19.2 Å². The molecule has 0 radical (unpaired) electrons. The largest absolute Gasteiger partial charge is 0.481 e. The number of fused-ring (bicyclic) bond motifs is 1. The van der Waals surface area contributed by atoms with E-state index in [-0.39, 0.29) is 13.2 Å². The third-order valence-electron chi connectivity index (χ3n) is 3.62. The number of ether oxygens (including phenoxy) is 1. The lowest BCUT2D eigenvalue weighted by atomic mass is 9.85. The van der Waals surface area contributed by atoms with Crippen LogP contribution in [0, 0.1) is 5.41 Å². The molecule has 19 heavy (non-hydrogen) atoms. The summed E-state index contributed by atoms with van der Waals surface area (Å²) >= 11 is 0. The average molecular weight is 261 g/mol. The molecule has 0 saturated carbocycles.